The number of rotatable bonds is 5. The second-order valence-corrected chi connectivity index (χ2v) is 5.75. The van der Waals surface area contributed by atoms with E-state index in [-0.39, 0.29) is 24.9 Å². The summed E-state index contributed by atoms with van der Waals surface area (Å²) in [4.78, 5) is 28.4. The molecule has 2 rings (SSSR count). The number of nitrogens with one attached hydrogen (secondary N) is 1. The Hall–Kier alpha value is -1.44. The number of nitrogens with two attached hydrogens (primary N) is 1. The van der Waals surface area contributed by atoms with Crippen LogP contribution in [0.5, 0.6) is 0 Å². The van der Waals surface area contributed by atoms with Gasteiger partial charge in [0.15, 0.2) is 0 Å². The molecule has 0 radical (unpaired) electrons. The van der Waals surface area contributed by atoms with Gasteiger partial charge >= 0.3 is 0 Å². The fourth-order valence-corrected chi connectivity index (χ4v) is 2.88. The molecule has 6 nitrogen and oxygen atoms in total. The van der Waals surface area contributed by atoms with E-state index in [0.29, 0.717) is 13.1 Å². The molecule has 0 aromatic carbocycles. The van der Waals surface area contributed by atoms with Crippen molar-refractivity contribution in [2.75, 3.05) is 39.3 Å². The van der Waals surface area contributed by atoms with Crippen LogP contribution in [-0.4, -0.2) is 60.9 Å². The Morgan fingerprint density at radius 3 is 2.65 bits per heavy atom. The van der Waals surface area contributed by atoms with Crippen LogP contribution in [0.25, 0.3) is 0 Å². The molecule has 2 amide bonds. The molecule has 0 bridgehead atoms. The van der Waals surface area contributed by atoms with Crippen molar-refractivity contribution in [1.82, 2.24) is 15.1 Å². The van der Waals surface area contributed by atoms with Crippen molar-refractivity contribution < 1.29 is 9.59 Å². The predicted molar refractivity (Wildman–Crippen MR) is 78.2 cm³/mol. The molecule has 0 unspecified atom stereocenters. The fourth-order valence-electron chi connectivity index (χ4n) is 2.14. The molecule has 7 heteroatoms. The van der Waals surface area contributed by atoms with Gasteiger partial charge in [-0.2, -0.15) is 0 Å². The summed E-state index contributed by atoms with van der Waals surface area (Å²) in [5, 5.41) is 4.59. The summed E-state index contributed by atoms with van der Waals surface area (Å²) >= 11 is 1.76. The third kappa shape index (κ3) is 4.29. The summed E-state index contributed by atoms with van der Waals surface area (Å²) in [6.45, 7) is 4.07. The summed E-state index contributed by atoms with van der Waals surface area (Å²) in [5.74, 6) is -0.336. The van der Waals surface area contributed by atoms with E-state index in [1.165, 1.54) is 4.88 Å². The van der Waals surface area contributed by atoms with Gasteiger partial charge in [0.2, 0.25) is 11.8 Å². The van der Waals surface area contributed by atoms with Crippen LogP contribution in [-0.2, 0) is 16.1 Å². The fraction of sp³-hybridized carbons (Fsp3) is 0.538. The third-order valence-electron chi connectivity index (χ3n) is 3.31. The average Bonchev–Trinajstić information content (AvgIpc) is 2.98. The molecular weight excluding hydrogens is 276 g/mol. The third-order valence-corrected chi connectivity index (χ3v) is 4.17. The number of hydrogen-bond acceptors (Lipinski definition) is 5. The van der Waals surface area contributed by atoms with Gasteiger partial charge in [-0.1, -0.05) is 6.07 Å². The number of nitrogens with zero attached hydrogens (tertiary/aromatic N) is 2. The largest absolute Gasteiger partial charge is 0.346 e. The van der Waals surface area contributed by atoms with Crippen LogP contribution in [0.1, 0.15) is 4.88 Å². The van der Waals surface area contributed by atoms with Crippen molar-refractivity contribution in [3.8, 4) is 0 Å². The maximum Gasteiger partial charge on any atom is 0.242 e. The summed E-state index contributed by atoms with van der Waals surface area (Å²) in [6, 6.07) is 4.18. The smallest absolute Gasteiger partial charge is 0.242 e. The monoisotopic (exact) mass is 296 g/mol. The molecule has 3 N–H and O–H groups in total. The Bertz CT molecular complexity index is 441. The molecule has 0 aliphatic carbocycles. The maximum absolute atomic E-state index is 11.9. The highest BCUT2D eigenvalue weighted by atomic mass is 32.1. The van der Waals surface area contributed by atoms with Crippen molar-refractivity contribution in [2.45, 2.75) is 6.54 Å². The Morgan fingerprint density at radius 1 is 1.30 bits per heavy atom. The minimum Gasteiger partial charge on any atom is -0.346 e. The highest BCUT2D eigenvalue weighted by Gasteiger charge is 2.21. The number of thiophene rings is 1. The summed E-state index contributed by atoms with van der Waals surface area (Å²) in [6.07, 6.45) is 0. The van der Waals surface area contributed by atoms with Gasteiger partial charge < -0.3 is 16.0 Å². The quantitative estimate of drug-likeness (QED) is 0.765. The SMILES string of the molecule is NCC(=O)NCC(=O)N1CCN(Cc2cccs2)CC1. The van der Waals surface area contributed by atoms with Gasteiger partial charge in [-0.3, -0.25) is 14.5 Å². The van der Waals surface area contributed by atoms with Crippen molar-refractivity contribution >= 4 is 23.2 Å². The van der Waals surface area contributed by atoms with Crippen molar-refractivity contribution in [3.63, 3.8) is 0 Å². The normalized spacial score (nSPS) is 16.1. The van der Waals surface area contributed by atoms with Gasteiger partial charge in [-0.25, -0.2) is 0 Å². The first-order chi connectivity index (χ1) is 9.69. The lowest BCUT2D eigenvalue weighted by Crippen LogP contribution is -2.51. The lowest BCUT2D eigenvalue weighted by Gasteiger charge is -2.34. The van der Waals surface area contributed by atoms with Crippen LogP contribution in [0.15, 0.2) is 17.5 Å². The van der Waals surface area contributed by atoms with Crippen LogP contribution >= 0.6 is 11.3 Å². The van der Waals surface area contributed by atoms with E-state index in [9.17, 15) is 9.59 Å². The first-order valence-electron chi connectivity index (χ1n) is 6.68. The second kappa shape index (κ2) is 7.37. The Balaban J connectivity index is 1.70. The van der Waals surface area contributed by atoms with Crippen LogP contribution in [0.2, 0.25) is 0 Å². The number of amides is 2. The molecule has 0 spiro atoms. The molecule has 20 heavy (non-hydrogen) atoms. The Labute approximate surface area is 122 Å². The van der Waals surface area contributed by atoms with Gasteiger partial charge in [0.25, 0.3) is 0 Å². The molecule has 1 fully saturated rings. The zero-order chi connectivity index (χ0) is 14.4. The topological polar surface area (TPSA) is 78.7 Å². The molecule has 0 saturated carbocycles. The van der Waals surface area contributed by atoms with E-state index in [1.54, 1.807) is 16.2 Å². The maximum atomic E-state index is 11.9. The predicted octanol–water partition coefficient (Wildman–Crippen LogP) is -0.533. The molecular formula is C13H20N4O2S. The van der Waals surface area contributed by atoms with E-state index in [1.807, 2.05) is 0 Å². The van der Waals surface area contributed by atoms with Crippen molar-refractivity contribution in [2.24, 2.45) is 5.73 Å². The molecule has 1 aliphatic heterocycles. The van der Waals surface area contributed by atoms with Gasteiger partial charge in [0.1, 0.15) is 0 Å². The molecule has 1 saturated heterocycles. The first-order valence-corrected chi connectivity index (χ1v) is 7.56. The van der Waals surface area contributed by atoms with Gasteiger partial charge in [-0.05, 0) is 11.4 Å². The van der Waals surface area contributed by atoms with Gasteiger partial charge in [-0.15, -0.1) is 11.3 Å². The van der Waals surface area contributed by atoms with E-state index in [4.69, 9.17) is 5.73 Å². The number of piperazine rings is 1. The van der Waals surface area contributed by atoms with Gasteiger partial charge in [0, 0.05) is 37.6 Å². The summed E-state index contributed by atoms with van der Waals surface area (Å²) < 4.78 is 0. The molecule has 1 aromatic rings. The van der Waals surface area contributed by atoms with E-state index in [0.717, 1.165) is 19.6 Å². The Morgan fingerprint density at radius 2 is 2.05 bits per heavy atom. The van der Waals surface area contributed by atoms with Crippen LogP contribution in [0.3, 0.4) is 0 Å². The summed E-state index contributed by atoms with van der Waals surface area (Å²) in [5.41, 5.74) is 5.18. The standard InChI is InChI=1S/C13H20N4O2S/c14-8-12(18)15-9-13(19)17-5-3-16(4-6-17)10-11-2-1-7-20-11/h1-2,7H,3-6,8-10,14H2,(H,15,18). The minimum atomic E-state index is -0.297. The summed E-state index contributed by atoms with van der Waals surface area (Å²) in [7, 11) is 0. The zero-order valence-electron chi connectivity index (χ0n) is 11.4. The number of carbonyl (C=O) groups is 2. The second-order valence-electron chi connectivity index (χ2n) is 4.72. The minimum absolute atomic E-state index is 0.0393. The Kier molecular flexibility index (Phi) is 5.51. The van der Waals surface area contributed by atoms with Crippen LogP contribution in [0, 0.1) is 0 Å². The average molecular weight is 296 g/mol. The molecule has 0 atom stereocenters. The van der Waals surface area contributed by atoms with Gasteiger partial charge in [0.05, 0.1) is 13.1 Å². The number of hydrogen-bond donors (Lipinski definition) is 2. The number of carbonyl (C=O) groups excluding carboxylic acids is 2. The first kappa shape index (κ1) is 15.0. The van der Waals surface area contributed by atoms with Crippen molar-refractivity contribution in [1.29, 1.82) is 0 Å². The molecule has 2 heterocycles. The lowest BCUT2D eigenvalue weighted by molar-refractivity contribution is -0.134. The highest BCUT2D eigenvalue weighted by Crippen LogP contribution is 2.13. The van der Waals surface area contributed by atoms with Crippen molar-refractivity contribution in [3.05, 3.63) is 22.4 Å². The van der Waals surface area contributed by atoms with Crippen LogP contribution in [0.4, 0.5) is 0 Å². The lowest BCUT2D eigenvalue weighted by atomic mass is 10.3. The van der Waals surface area contributed by atoms with E-state index < -0.39 is 0 Å². The molecule has 1 aromatic heterocycles. The molecule has 1 aliphatic rings. The van der Waals surface area contributed by atoms with Crippen LogP contribution < -0.4 is 11.1 Å². The van der Waals surface area contributed by atoms with E-state index in [2.05, 4.69) is 27.7 Å². The highest BCUT2D eigenvalue weighted by molar-refractivity contribution is 7.09. The van der Waals surface area contributed by atoms with E-state index >= 15 is 0 Å². The zero-order valence-corrected chi connectivity index (χ0v) is 12.2. The molecule has 110 valence electrons.